The van der Waals surface area contributed by atoms with Crippen LogP contribution in [0.1, 0.15) is 63.3 Å². The maximum absolute atomic E-state index is 10.1. The summed E-state index contributed by atoms with van der Waals surface area (Å²) in [5.41, 5.74) is 6.28. The number of aryl methyl sites for hydroxylation is 1. The fraction of sp³-hybridized carbons (Fsp3) is 0.500. The first-order valence-electron chi connectivity index (χ1n) is 14.2. The molecule has 220 valence electrons. The molecule has 5 rings (SSSR count). The number of aliphatic hydroxyl groups is 1. The van der Waals surface area contributed by atoms with Gasteiger partial charge in [0.25, 0.3) is 0 Å². The first-order valence-corrected chi connectivity index (χ1v) is 14.2. The van der Waals surface area contributed by atoms with E-state index >= 15 is 0 Å². The van der Waals surface area contributed by atoms with Crippen molar-refractivity contribution in [3.8, 4) is 22.9 Å². The number of rotatable bonds is 7. The highest BCUT2D eigenvalue weighted by molar-refractivity contribution is 5.93. The van der Waals surface area contributed by atoms with E-state index in [2.05, 4.69) is 35.0 Å². The summed E-state index contributed by atoms with van der Waals surface area (Å²) >= 11 is 0. The van der Waals surface area contributed by atoms with Crippen molar-refractivity contribution in [2.24, 2.45) is 7.05 Å². The van der Waals surface area contributed by atoms with E-state index in [0.29, 0.717) is 31.5 Å². The maximum atomic E-state index is 10.1. The average Bonchev–Trinajstić information content (AvgIpc) is 3.59. The first-order chi connectivity index (χ1) is 19.7. The Kier molecular flexibility index (Phi) is 8.48. The molecule has 0 saturated heterocycles. The number of H-pyrrole nitrogens is 1. The van der Waals surface area contributed by atoms with E-state index in [9.17, 15) is 5.11 Å². The van der Waals surface area contributed by atoms with E-state index in [4.69, 9.17) is 24.4 Å². The Morgan fingerprint density at radius 3 is 2.71 bits per heavy atom. The third-order valence-corrected chi connectivity index (χ3v) is 7.33. The molecule has 41 heavy (non-hydrogen) atoms. The minimum atomic E-state index is -0.220. The van der Waals surface area contributed by atoms with Gasteiger partial charge in [0, 0.05) is 32.6 Å². The minimum Gasteiger partial charge on any atom is -0.473 e. The highest BCUT2D eigenvalue weighted by atomic mass is 16.5. The molecule has 11 nitrogen and oxygen atoms in total. The van der Waals surface area contributed by atoms with Crippen LogP contribution in [0.25, 0.3) is 34.2 Å². The van der Waals surface area contributed by atoms with E-state index in [-0.39, 0.29) is 24.9 Å². The van der Waals surface area contributed by atoms with Crippen molar-refractivity contribution >= 4 is 23.1 Å². The number of nitrogens with zero attached hydrogens (tertiary/aromatic N) is 6. The zero-order chi connectivity index (χ0) is 29.3. The van der Waals surface area contributed by atoms with Gasteiger partial charge in [-0.1, -0.05) is 13.0 Å². The lowest BCUT2D eigenvalue weighted by Gasteiger charge is -2.26. The summed E-state index contributed by atoms with van der Waals surface area (Å²) in [6.45, 7) is 12.5. The monoisotopic (exact) mass is 563 g/mol. The van der Waals surface area contributed by atoms with Crippen molar-refractivity contribution in [1.29, 1.82) is 0 Å². The molecular weight excluding hydrogens is 522 g/mol. The first kappa shape index (κ1) is 28.8. The van der Waals surface area contributed by atoms with Crippen LogP contribution in [0.3, 0.4) is 0 Å². The van der Waals surface area contributed by atoms with Crippen LogP contribution in [0.2, 0.25) is 0 Å². The molecule has 0 spiro atoms. The normalized spacial score (nSPS) is 17.6. The van der Waals surface area contributed by atoms with Crippen molar-refractivity contribution in [3.63, 3.8) is 0 Å². The Hall–Kier alpha value is -3.67. The Bertz CT molecular complexity index is 1530. The van der Waals surface area contributed by atoms with Gasteiger partial charge in [0.05, 0.1) is 59.1 Å². The summed E-state index contributed by atoms with van der Waals surface area (Å²) in [5.74, 6) is 1.24. The molecule has 0 radical (unpaired) electrons. The van der Waals surface area contributed by atoms with Crippen molar-refractivity contribution in [3.05, 3.63) is 40.8 Å². The lowest BCUT2D eigenvalue weighted by molar-refractivity contribution is 0.132. The van der Waals surface area contributed by atoms with Gasteiger partial charge in [-0.25, -0.2) is 4.68 Å². The summed E-state index contributed by atoms with van der Waals surface area (Å²) in [5, 5.41) is 28.4. The Morgan fingerprint density at radius 1 is 1.20 bits per heavy atom. The zero-order valence-corrected chi connectivity index (χ0v) is 25.0. The Balaban J connectivity index is 1.73. The predicted molar refractivity (Wildman–Crippen MR) is 159 cm³/mol. The predicted octanol–water partition coefficient (Wildman–Crippen LogP) is 4.42. The van der Waals surface area contributed by atoms with E-state index < -0.39 is 0 Å². The van der Waals surface area contributed by atoms with E-state index in [1.807, 2.05) is 56.8 Å². The Labute approximate surface area is 240 Å². The SMILES string of the molecule is CCN1Cc2c(c(OC(C)C)nn2[C@@H](C)CO)/C=C/c2[nH]nc3ccc(cc23)-c2c(COC)nn(C)c2O[C@@H](C)C1. The van der Waals surface area contributed by atoms with Crippen molar-refractivity contribution in [2.45, 2.75) is 66.0 Å². The molecule has 0 fully saturated rings. The van der Waals surface area contributed by atoms with Gasteiger partial charge in [0.1, 0.15) is 6.10 Å². The smallest absolute Gasteiger partial charge is 0.240 e. The molecule has 2 bridgehead atoms. The lowest BCUT2D eigenvalue weighted by atomic mass is 10.0. The van der Waals surface area contributed by atoms with Gasteiger partial charge in [0.2, 0.25) is 11.8 Å². The number of methoxy groups -OCH3 is 1. The van der Waals surface area contributed by atoms with Gasteiger partial charge in [-0.3, -0.25) is 14.7 Å². The van der Waals surface area contributed by atoms with Crippen LogP contribution in [0, 0.1) is 0 Å². The number of aliphatic hydroxyl groups excluding tert-OH is 1. The summed E-state index contributed by atoms with van der Waals surface area (Å²) in [6.07, 6.45) is 3.86. The molecule has 1 aromatic carbocycles. The van der Waals surface area contributed by atoms with E-state index in [1.165, 1.54) is 0 Å². The number of likely N-dealkylation sites (N-methyl/N-ethyl adjacent to an activating group) is 1. The number of aromatic nitrogens is 6. The largest absolute Gasteiger partial charge is 0.473 e. The van der Waals surface area contributed by atoms with Crippen LogP contribution in [-0.4, -0.2) is 78.8 Å². The van der Waals surface area contributed by atoms with Gasteiger partial charge in [0.15, 0.2) is 0 Å². The van der Waals surface area contributed by atoms with Gasteiger partial charge in [-0.05, 0) is 64.1 Å². The third kappa shape index (κ3) is 5.74. The van der Waals surface area contributed by atoms with E-state index in [0.717, 1.165) is 51.2 Å². The molecule has 0 saturated carbocycles. The molecule has 2 atom stereocenters. The second kappa shape index (κ2) is 12.1. The molecule has 2 N–H and O–H groups in total. The number of aromatic amines is 1. The molecule has 11 heteroatoms. The number of nitrogens with one attached hydrogen (secondary N) is 1. The molecular formula is C30H41N7O4. The summed E-state index contributed by atoms with van der Waals surface area (Å²) in [6, 6.07) is 5.95. The number of fused-ring (bicyclic) bond motifs is 4. The highest BCUT2D eigenvalue weighted by Crippen LogP contribution is 2.37. The van der Waals surface area contributed by atoms with Crippen molar-refractivity contribution in [1.82, 2.24) is 34.7 Å². The van der Waals surface area contributed by atoms with Gasteiger partial charge in [-0.2, -0.15) is 10.2 Å². The molecule has 0 amide bonds. The fourth-order valence-electron chi connectivity index (χ4n) is 5.35. The minimum absolute atomic E-state index is 0.0361. The number of hydrogen-bond acceptors (Lipinski definition) is 8. The van der Waals surface area contributed by atoms with Crippen LogP contribution in [0.15, 0.2) is 18.2 Å². The summed E-state index contributed by atoms with van der Waals surface area (Å²) in [4.78, 5) is 2.32. The quantitative estimate of drug-likeness (QED) is 0.340. The van der Waals surface area contributed by atoms with E-state index in [1.54, 1.807) is 11.8 Å². The molecule has 0 aliphatic carbocycles. The fourth-order valence-corrected chi connectivity index (χ4v) is 5.35. The molecule has 0 unspecified atom stereocenters. The van der Waals surface area contributed by atoms with Crippen molar-refractivity contribution < 1.29 is 19.3 Å². The molecule has 1 aliphatic heterocycles. The molecule has 4 aromatic rings. The van der Waals surface area contributed by atoms with Crippen molar-refractivity contribution in [2.75, 3.05) is 26.8 Å². The third-order valence-electron chi connectivity index (χ3n) is 7.33. The standard InChI is InChI=1S/C30H41N7O4/c1-8-36-14-20(5)41-30-28(26(17-39-7)33-35(30)6)21-9-11-24-23(13-21)25(32-31-24)12-10-22-27(15-36)37(19(4)16-38)34-29(22)40-18(2)3/h9-13,18-20,38H,8,14-17H2,1-7H3,(H,31,32)/b12-10+/t19-,20-/m0/s1. The van der Waals surface area contributed by atoms with Crippen LogP contribution in [0.4, 0.5) is 0 Å². The average molecular weight is 564 g/mol. The number of hydrogen-bond donors (Lipinski definition) is 2. The van der Waals surface area contributed by atoms with Gasteiger partial charge >= 0.3 is 0 Å². The zero-order valence-electron chi connectivity index (χ0n) is 25.0. The number of ether oxygens (including phenoxy) is 3. The van der Waals surface area contributed by atoms with Gasteiger partial charge < -0.3 is 19.3 Å². The summed E-state index contributed by atoms with van der Waals surface area (Å²) < 4.78 is 22.0. The number of benzene rings is 1. The van der Waals surface area contributed by atoms with Crippen LogP contribution >= 0.6 is 0 Å². The van der Waals surface area contributed by atoms with Crippen LogP contribution < -0.4 is 9.47 Å². The summed E-state index contributed by atoms with van der Waals surface area (Å²) in [7, 11) is 3.57. The van der Waals surface area contributed by atoms with Gasteiger partial charge in [-0.15, -0.1) is 5.10 Å². The second-order valence-electron chi connectivity index (χ2n) is 11.0. The second-order valence-corrected chi connectivity index (χ2v) is 11.0. The Morgan fingerprint density at radius 2 is 2.00 bits per heavy atom. The lowest BCUT2D eigenvalue weighted by Crippen LogP contribution is -2.35. The molecule has 4 heterocycles. The van der Waals surface area contributed by atoms with Crippen LogP contribution in [-0.2, 0) is 24.9 Å². The topological polar surface area (TPSA) is 115 Å². The highest BCUT2D eigenvalue weighted by Gasteiger charge is 2.26. The van der Waals surface area contributed by atoms with Crippen LogP contribution in [0.5, 0.6) is 11.8 Å². The molecule has 1 aliphatic rings. The maximum Gasteiger partial charge on any atom is 0.240 e. The molecule has 3 aromatic heterocycles.